The van der Waals surface area contributed by atoms with E-state index in [1.165, 1.54) is 44.2 Å². The lowest BCUT2D eigenvalue weighted by Crippen LogP contribution is -2.47. The fraction of sp³-hybridized carbons (Fsp3) is 0.458. The monoisotopic (exact) mass is 823 g/mol. The van der Waals surface area contributed by atoms with Gasteiger partial charge in [0.2, 0.25) is 5.91 Å². The van der Waals surface area contributed by atoms with Gasteiger partial charge < -0.3 is 15.2 Å². The minimum atomic E-state index is -0.361. The third-order valence-corrected chi connectivity index (χ3v) is 14.3. The molecule has 0 saturated heterocycles. The summed E-state index contributed by atoms with van der Waals surface area (Å²) in [4.78, 5) is 23.2. The molecule has 57 heavy (non-hydrogen) atoms. The van der Waals surface area contributed by atoms with Crippen LogP contribution in [-0.2, 0) is 24.4 Å². The first-order valence-corrected chi connectivity index (χ1v) is 22.2. The van der Waals surface area contributed by atoms with Gasteiger partial charge in [-0.1, -0.05) is 72.9 Å². The fourth-order valence-corrected chi connectivity index (χ4v) is 11.6. The van der Waals surface area contributed by atoms with Crippen molar-refractivity contribution in [1.82, 2.24) is 14.5 Å². The summed E-state index contributed by atoms with van der Waals surface area (Å²) in [5.41, 5.74) is 15.0. The molecular formula is C48H56Cl3N5O. The first-order chi connectivity index (χ1) is 27.5. The summed E-state index contributed by atoms with van der Waals surface area (Å²) in [5.74, 6) is 3.26. The predicted octanol–water partition coefficient (Wildman–Crippen LogP) is 12.4. The molecule has 0 aliphatic heterocycles. The zero-order chi connectivity index (χ0) is 39.8. The average Bonchev–Trinajstić information content (AvgIpc) is 3.52. The third kappa shape index (κ3) is 8.76. The van der Waals surface area contributed by atoms with Crippen molar-refractivity contribution in [3.63, 3.8) is 0 Å². The van der Waals surface area contributed by atoms with Gasteiger partial charge in [-0.25, -0.2) is 4.98 Å². The summed E-state index contributed by atoms with van der Waals surface area (Å²) < 4.78 is 2.55. The van der Waals surface area contributed by atoms with Crippen LogP contribution in [0, 0.1) is 30.1 Å². The first-order valence-electron chi connectivity index (χ1n) is 21.1. The number of hydrogen-bond donors (Lipinski definition) is 1. The van der Waals surface area contributed by atoms with E-state index in [0.717, 1.165) is 99.9 Å². The molecule has 9 rings (SSSR count). The van der Waals surface area contributed by atoms with E-state index in [2.05, 4.69) is 82.8 Å². The second-order valence-electron chi connectivity index (χ2n) is 17.6. The van der Waals surface area contributed by atoms with Crippen LogP contribution in [0.5, 0.6) is 0 Å². The number of nitrogens with zero attached hydrogens (tertiary/aromatic N) is 4. The molecule has 1 heterocycles. The van der Waals surface area contributed by atoms with Crippen LogP contribution in [0.3, 0.4) is 0 Å². The predicted molar refractivity (Wildman–Crippen MR) is 237 cm³/mol. The van der Waals surface area contributed by atoms with Crippen LogP contribution in [0.15, 0.2) is 78.9 Å². The Morgan fingerprint density at radius 1 is 0.807 bits per heavy atom. The molecule has 2 N–H and O–H groups in total. The Labute approximate surface area is 353 Å². The molecule has 4 aromatic carbocycles. The molecule has 4 aliphatic rings. The molecule has 0 radical (unpaired) electrons. The number of halogens is 3. The Morgan fingerprint density at radius 3 is 2.00 bits per heavy atom. The fourth-order valence-electron chi connectivity index (χ4n) is 11.1. The molecule has 4 aliphatic carbocycles. The third-order valence-electron chi connectivity index (χ3n) is 13.1. The summed E-state index contributed by atoms with van der Waals surface area (Å²) in [5, 5.41) is 1.73. The van der Waals surface area contributed by atoms with Crippen molar-refractivity contribution in [3.05, 3.63) is 116 Å². The molecule has 1 atom stereocenters. The smallest absolute Gasteiger partial charge is 0.219 e. The van der Waals surface area contributed by atoms with Gasteiger partial charge in [-0.15, -0.1) is 0 Å². The van der Waals surface area contributed by atoms with E-state index in [1.807, 2.05) is 31.2 Å². The number of carbonyl (C=O) groups is 1. The number of carbonyl (C=O) groups excluding carboxylic acids is 1. The van der Waals surface area contributed by atoms with Gasteiger partial charge in [0.05, 0.1) is 21.1 Å². The lowest BCUT2D eigenvalue weighted by atomic mass is 9.49. The highest BCUT2D eigenvalue weighted by Gasteiger charge is 2.51. The number of imidazole rings is 1. The molecule has 4 bridgehead atoms. The van der Waals surface area contributed by atoms with Crippen molar-refractivity contribution < 1.29 is 4.79 Å². The number of rotatable bonds is 16. The zero-order valence-electron chi connectivity index (χ0n) is 33.6. The van der Waals surface area contributed by atoms with Crippen LogP contribution in [0.25, 0.3) is 22.4 Å². The SMILES string of the molecule is CCCN(CCC)c1ccc(-c2nc3cc(C(CC(N)=O)N(Cc4ccc(Cl)c(C)c4)Cc4ccc(Cl)c(Cl)c4)ccc3n2CC23CC4CC(CC(C4)C2)C3)cc1. The van der Waals surface area contributed by atoms with Crippen molar-refractivity contribution in [1.29, 1.82) is 0 Å². The number of hydrogen-bond acceptors (Lipinski definition) is 4. The van der Waals surface area contributed by atoms with E-state index in [4.69, 9.17) is 45.5 Å². The normalized spacial score (nSPS) is 21.8. The molecule has 300 valence electrons. The molecule has 1 unspecified atom stereocenters. The summed E-state index contributed by atoms with van der Waals surface area (Å²) in [6, 6.07) is 27.3. The minimum absolute atomic E-state index is 0.147. The maximum atomic E-state index is 12.9. The quantitative estimate of drug-likeness (QED) is 0.108. The number of amides is 1. The summed E-state index contributed by atoms with van der Waals surface area (Å²) in [6.07, 6.45) is 10.6. The van der Waals surface area contributed by atoms with Gasteiger partial charge >= 0.3 is 0 Å². The lowest BCUT2D eigenvalue weighted by molar-refractivity contribution is -0.119. The number of nitrogens with two attached hydrogens (primary N) is 1. The van der Waals surface area contributed by atoms with Crippen LogP contribution in [0.2, 0.25) is 15.1 Å². The van der Waals surface area contributed by atoms with E-state index in [-0.39, 0.29) is 18.4 Å². The molecule has 6 nitrogen and oxygen atoms in total. The molecule has 1 aromatic heterocycles. The van der Waals surface area contributed by atoms with E-state index >= 15 is 0 Å². The van der Waals surface area contributed by atoms with Crippen LogP contribution in [-0.4, -0.2) is 33.4 Å². The van der Waals surface area contributed by atoms with Gasteiger partial charge in [-0.2, -0.15) is 0 Å². The van der Waals surface area contributed by atoms with E-state index in [0.29, 0.717) is 28.5 Å². The van der Waals surface area contributed by atoms with Gasteiger partial charge in [-0.05, 0) is 158 Å². The van der Waals surface area contributed by atoms with Crippen molar-refractivity contribution >= 4 is 57.4 Å². The Morgan fingerprint density at radius 2 is 1.42 bits per heavy atom. The van der Waals surface area contributed by atoms with E-state index in [1.54, 1.807) is 0 Å². The number of aromatic nitrogens is 2. The summed E-state index contributed by atoms with van der Waals surface area (Å²) in [6.45, 7) is 10.7. The molecule has 9 heteroatoms. The summed E-state index contributed by atoms with van der Waals surface area (Å²) in [7, 11) is 0. The van der Waals surface area contributed by atoms with Crippen molar-refractivity contribution in [2.24, 2.45) is 28.9 Å². The van der Waals surface area contributed by atoms with Crippen LogP contribution >= 0.6 is 34.8 Å². The molecule has 5 aromatic rings. The van der Waals surface area contributed by atoms with Gasteiger partial charge in [0.15, 0.2) is 0 Å². The molecule has 4 fully saturated rings. The second kappa shape index (κ2) is 17.0. The van der Waals surface area contributed by atoms with E-state index in [9.17, 15) is 4.79 Å². The highest BCUT2D eigenvalue weighted by molar-refractivity contribution is 6.42. The van der Waals surface area contributed by atoms with Gasteiger partial charge in [-0.3, -0.25) is 9.69 Å². The highest BCUT2D eigenvalue weighted by atomic mass is 35.5. The van der Waals surface area contributed by atoms with Gasteiger partial charge in [0.25, 0.3) is 0 Å². The second-order valence-corrected chi connectivity index (χ2v) is 18.9. The Kier molecular flexibility index (Phi) is 12.0. The average molecular weight is 825 g/mol. The summed E-state index contributed by atoms with van der Waals surface area (Å²) >= 11 is 19.3. The largest absolute Gasteiger partial charge is 0.372 e. The van der Waals surface area contributed by atoms with Crippen molar-refractivity contribution in [2.75, 3.05) is 18.0 Å². The maximum Gasteiger partial charge on any atom is 0.219 e. The number of fused-ring (bicyclic) bond motifs is 1. The highest BCUT2D eigenvalue weighted by Crippen LogP contribution is 2.61. The molecular weight excluding hydrogens is 769 g/mol. The standard InChI is InChI=1S/C48H56Cl3N5O/c1-4-16-54(17-5-2)39-11-8-37(9-12-39)47-53-43-23-38(10-15-44(43)56(47)30-48-25-34-19-35(26-48)21-36(20-34)27-48)45(24-46(52)57)55(28-32-6-13-40(49)31(3)18-32)29-33-7-14-41(50)42(51)22-33/h6-15,18,22-23,34-36,45H,4-5,16-17,19-21,24-30H2,1-3H3,(H2,52,57). The van der Waals surface area contributed by atoms with Crippen LogP contribution in [0.1, 0.15) is 99.9 Å². The van der Waals surface area contributed by atoms with Crippen molar-refractivity contribution in [2.45, 2.75) is 104 Å². The maximum absolute atomic E-state index is 12.9. The Balaban J connectivity index is 1.21. The topological polar surface area (TPSA) is 67.4 Å². The van der Waals surface area contributed by atoms with Crippen LogP contribution in [0.4, 0.5) is 5.69 Å². The number of benzene rings is 4. The lowest BCUT2D eigenvalue weighted by Gasteiger charge is -2.57. The van der Waals surface area contributed by atoms with E-state index < -0.39 is 0 Å². The first kappa shape index (κ1) is 40.2. The molecule has 1 amide bonds. The number of anilines is 1. The van der Waals surface area contributed by atoms with Crippen molar-refractivity contribution in [3.8, 4) is 11.4 Å². The Hall–Kier alpha value is -3.55. The molecule has 4 saturated carbocycles. The minimum Gasteiger partial charge on any atom is -0.372 e. The Bertz CT molecular complexity index is 2140. The van der Waals surface area contributed by atoms with Gasteiger partial charge in [0, 0.05) is 61.5 Å². The zero-order valence-corrected chi connectivity index (χ0v) is 35.9. The number of aryl methyl sites for hydroxylation is 1. The van der Waals surface area contributed by atoms with Crippen LogP contribution < -0.4 is 10.6 Å². The van der Waals surface area contributed by atoms with Gasteiger partial charge in [0.1, 0.15) is 5.82 Å². The number of primary amides is 1. The molecule has 0 spiro atoms.